The fraction of sp³-hybridized carbons (Fsp3) is 0.800. The Labute approximate surface area is 120 Å². The van der Waals surface area contributed by atoms with E-state index in [1.54, 1.807) is 0 Å². The molecule has 5 heteroatoms. The van der Waals surface area contributed by atoms with E-state index in [1.165, 1.54) is 38.0 Å². The predicted molar refractivity (Wildman–Crippen MR) is 76.3 cm³/mol. The highest BCUT2D eigenvalue weighted by Gasteiger charge is 2.39. The highest BCUT2D eigenvalue weighted by molar-refractivity contribution is 5.11. The summed E-state index contributed by atoms with van der Waals surface area (Å²) in [6, 6.07) is 1.34. The summed E-state index contributed by atoms with van der Waals surface area (Å²) in [5.74, 6) is 0.450. The fourth-order valence-corrected chi connectivity index (χ4v) is 4.31. The van der Waals surface area contributed by atoms with E-state index in [1.807, 2.05) is 12.5 Å². The molecular formula is C15H24N4O. The minimum Gasteiger partial charge on any atom is -0.381 e. The molecule has 4 atom stereocenters. The quantitative estimate of drug-likeness (QED) is 0.905. The van der Waals surface area contributed by atoms with Crippen LogP contribution in [0.2, 0.25) is 0 Å². The molecule has 5 nitrogen and oxygen atoms in total. The lowest BCUT2D eigenvalue weighted by Crippen LogP contribution is -2.30. The zero-order chi connectivity index (χ0) is 13.5. The Bertz CT molecular complexity index is 468. The molecule has 20 heavy (non-hydrogen) atoms. The second-order valence-electron chi connectivity index (χ2n) is 6.48. The van der Waals surface area contributed by atoms with Gasteiger partial charge in [-0.2, -0.15) is 0 Å². The van der Waals surface area contributed by atoms with Gasteiger partial charge in [0.1, 0.15) is 0 Å². The summed E-state index contributed by atoms with van der Waals surface area (Å²) in [5, 5.41) is 0. The van der Waals surface area contributed by atoms with Crippen LogP contribution in [0, 0.1) is 5.92 Å². The Morgan fingerprint density at radius 1 is 1.25 bits per heavy atom. The van der Waals surface area contributed by atoms with Crippen LogP contribution in [-0.2, 0) is 4.74 Å². The Morgan fingerprint density at radius 3 is 3.05 bits per heavy atom. The van der Waals surface area contributed by atoms with Crippen LogP contribution in [0.4, 0.5) is 0 Å². The number of rotatable bonds is 3. The van der Waals surface area contributed by atoms with E-state index < -0.39 is 0 Å². The monoisotopic (exact) mass is 276 g/mol. The zero-order valence-corrected chi connectivity index (χ0v) is 11.9. The number of hydrogen-bond acceptors (Lipinski definition) is 4. The molecule has 1 aromatic rings. The number of nitrogens with two attached hydrogens (primary N) is 1. The molecule has 3 saturated heterocycles. The molecule has 0 radical (unpaired) electrons. The molecule has 4 heterocycles. The van der Waals surface area contributed by atoms with Gasteiger partial charge in [-0.05, 0) is 32.2 Å². The summed E-state index contributed by atoms with van der Waals surface area (Å²) >= 11 is 0. The minimum absolute atomic E-state index is 0.0652. The first-order valence-corrected chi connectivity index (χ1v) is 7.93. The first kappa shape index (κ1) is 12.8. The van der Waals surface area contributed by atoms with Crippen molar-refractivity contribution in [3.63, 3.8) is 0 Å². The number of hydrogen-bond donors (Lipinski definition) is 1. The summed E-state index contributed by atoms with van der Waals surface area (Å²) in [5.41, 5.74) is 7.70. The molecule has 0 amide bonds. The molecule has 110 valence electrons. The summed E-state index contributed by atoms with van der Waals surface area (Å²) in [6.45, 7) is 4.15. The first-order valence-electron chi connectivity index (χ1n) is 7.93. The SMILES string of the molecule is NC(c1cncn1C1CCN2CCCC12)C1CCOC1. The summed E-state index contributed by atoms with van der Waals surface area (Å²) in [4.78, 5) is 7.03. The van der Waals surface area contributed by atoms with Crippen molar-refractivity contribution < 1.29 is 4.74 Å². The summed E-state index contributed by atoms with van der Waals surface area (Å²) in [6.07, 6.45) is 8.95. The van der Waals surface area contributed by atoms with E-state index in [2.05, 4.69) is 14.5 Å². The lowest BCUT2D eigenvalue weighted by atomic mass is 9.96. The van der Waals surface area contributed by atoms with Gasteiger partial charge in [0.25, 0.3) is 0 Å². The number of fused-ring (bicyclic) bond motifs is 1. The largest absolute Gasteiger partial charge is 0.381 e. The highest BCUT2D eigenvalue weighted by Crippen LogP contribution is 2.38. The van der Waals surface area contributed by atoms with Crippen molar-refractivity contribution in [2.75, 3.05) is 26.3 Å². The van der Waals surface area contributed by atoms with Gasteiger partial charge in [0.2, 0.25) is 0 Å². The van der Waals surface area contributed by atoms with E-state index in [9.17, 15) is 0 Å². The molecule has 3 aliphatic heterocycles. The van der Waals surface area contributed by atoms with Crippen LogP contribution >= 0.6 is 0 Å². The second kappa shape index (κ2) is 5.13. The molecular weight excluding hydrogens is 252 g/mol. The molecule has 2 N–H and O–H groups in total. The van der Waals surface area contributed by atoms with Gasteiger partial charge in [-0.3, -0.25) is 4.90 Å². The third kappa shape index (κ3) is 2.00. The van der Waals surface area contributed by atoms with Gasteiger partial charge < -0.3 is 15.0 Å². The van der Waals surface area contributed by atoms with Gasteiger partial charge in [0.15, 0.2) is 0 Å². The van der Waals surface area contributed by atoms with E-state index in [4.69, 9.17) is 10.5 Å². The molecule has 3 aliphatic rings. The van der Waals surface area contributed by atoms with Crippen molar-refractivity contribution in [3.05, 3.63) is 18.2 Å². The van der Waals surface area contributed by atoms with E-state index >= 15 is 0 Å². The number of ether oxygens (including phenoxy) is 1. The van der Waals surface area contributed by atoms with Crippen molar-refractivity contribution in [2.24, 2.45) is 11.7 Å². The molecule has 0 saturated carbocycles. The molecule has 4 unspecified atom stereocenters. The average Bonchev–Trinajstić information content (AvgIpc) is 3.20. The Kier molecular flexibility index (Phi) is 3.28. The topological polar surface area (TPSA) is 56.3 Å². The Morgan fingerprint density at radius 2 is 2.20 bits per heavy atom. The van der Waals surface area contributed by atoms with Gasteiger partial charge in [-0.1, -0.05) is 0 Å². The molecule has 3 fully saturated rings. The first-order chi connectivity index (χ1) is 9.84. The molecule has 1 aromatic heterocycles. The smallest absolute Gasteiger partial charge is 0.0951 e. The third-order valence-corrected chi connectivity index (χ3v) is 5.44. The Hall–Kier alpha value is -0.910. The number of nitrogens with zero attached hydrogens (tertiary/aromatic N) is 3. The van der Waals surface area contributed by atoms with Gasteiger partial charge in [-0.15, -0.1) is 0 Å². The predicted octanol–water partition coefficient (Wildman–Crippen LogP) is 1.33. The lowest BCUT2D eigenvalue weighted by Gasteiger charge is -2.26. The van der Waals surface area contributed by atoms with Crippen molar-refractivity contribution >= 4 is 0 Å². The van der Waals surface area contributed by atoms with Crippen LogP contribution in [0.1, 0.15) is 43.5 Å². The van der Waals surface area contributed by atoms with E-state index in [-0.39, 0.29) is 6.04 Å². The van der Waals surface area contributed by atoms with Crippen LogP contribution in [0.25, 0.3) is 0 Å². The van der Waals surface area contributed by atoms with Crippen LogP contribution in [-0.4, -0.2) is 46.8 Å². The van der Waals surface area contributed by atoms with Gasteiger partial charge in [-0.25, -0.2) is 4.98 Å². The van der Waals surface area contributed by atoms with E-state index in [0.717, 1.165) is 19.6 Å². The van der Waals surface area contributed by atoms with Crippen molar-refractivity contribution in [1.29, 1.82) is 0 Å². The maximum Gasteiger partial charge on any atom is 0.0951 e. The molecule has 0 aromatic carbocycles. The second-order valence-corrected chi connectivity index (χ2v) is 6.48. The Balaban J connectivity index is 1.58. The molecule has 0 spiro atoms. The normalized spacial score (nSPS) is 35.5. The molecule has 0 bridgehead atoms. The maximum atomic E-state index is 6.50. The van der Waals surface area contributed by atoms with E-state index in [0.29, 0.717) is 18.0 Å². The molecule has 4 rings (SSSR count). The van der Waals surface area contributed by atoms with Crippen LogP contribution in [0.15, 0.2) is 12.5 Å². The fourth-order valence-electron chi connectivity index (χ4n) is 4.31. The van der Waals surface area contributed by atoms with Gasteiger partial charge in [0.05, 0.1) is 30.7 Å². The number of aromatic nitrogens is 2. The van der Waals surface area contributed by atoms with Gasteiger partial charge >= 0.3 is 0 Å². The van der Waals surface area contributed by atoms with Crippen molar-refractivity contribution in [3.8, 4) is 0 Å². The average molecular weight is 276 g/mol. The van der Waals surface area contributed by atoms with Gasteiger partial charge in [0, 0.05) is 31.3 Å². The maximum absolute atomic E-state index is 6.50. The number of imidazole rings is 1. The standard InChI is InChI=1S/C15H24N4O/c16-15(11-4-7-20-9-11)14-8-17-10-19(14)13-3-6-18-5-1-2-12(13)18/h8,10-13,15H,1-7,9,16H2. The lowest BCUT2D eigenvalue weighted by molar-refractivity contribution is 0.179. The van der Waals surface area contributed by atoms with Crippen LogP contribution in [0.3, 0.4) is 0 Å². The van der Waals surface area contributed by atoms with Crippen LogP contribution in [0.5, 0.6) is 0 Å². The van der Waals surface area contributed by atoms with Crippen molar-refractivity contribution in [1.82, 2.24) is 14.5 Å². The summed E-state index contributed by atoms with van der Waals surface area (Å²) in [7, 11) is 0. The van der Waals surface area contributed by atoms with Crippen LogP contribution < -0.4 is 5.73 Å². The van der Waals surface area contributed by atoms with Crippen molar-refractivity contribution in [2.45, 2.75) is 43.8 Å². The summed E-state index contributed by atoms with van der Waals surface area (Å²) < 4.78 is 7.87. The third-order valence-electron chi connectivity index (χ3n) is 5.44. The molecule has 0 aliphatic carbocycles. The zero-order valence-electron chi connectivity index (χ0n) is 11.9. The minimum atomic E-state index is 0.0652. The highest BCUT2D eigenvalue weighted by atomic mass is 16.5.